The summed E-state index contributed by atoms with van der Waals surface area (Å²) < 4.78 is 5.31. The summed E-state index contributed by atoms with van der Waals surface area (Å²) in [6.45, 7) is 3.76. The Labute approximate surface area is 101 Å². The second-order valence-electron chi connectivity index (χ2n) is 3.96. The normalized spacial score (nSPS) is 12.6. The van der Waals surface area contributed by atoms with E-state index in [1.54, 1.807) is 24.3 Å². The van der Waals surface area contributed by atoms with Crippen molar-refractivity contribution in [3.8, 4) is 5.75 Å². The average molecular weight is 242 g/mol. The maximum absolute atomic E-state index is 11.6. The molecule has 16 heavy (non-hydrogen) atoms. The molecule has 0 bridgehead atoms. The molecule has 1 aromatic rings. The van der Waals surface area contributed by atoms with Gasteiger partial charge in [0.05, 0.1) is 11.1 Å². The van der Waals surface area contributed by atoms with Crippen LogP contribution in [0.5, 0.6) is 5.75 Å². The minimum atomic E-state index is -0.484. The third kappa shape index (κ3) is 3.51. The number of halogens is 1. The van der Waals surface area contributed by atoms with Crippen LogP contribution in [-0.2, 0) is 4.79 Å². The second kappa shape index (κ2) is 5.87. The van der Waals surface area contributed by atoms with Crippen LogP contribution in [0, 0.1) is 5.92 Å². The van der Waals surface area contributed by atoms with E-state index in [1.807, 2.05) is 13.8 Å². The van der Waals surface area contributed by atoms with Crippen molar-refractivity contribution in [2.75, 3.05) is 6.61 Å². The Morgan fingerprint density at radius 1 is 1.44 bits per heavy atom. The first-order valence-electron chi connectivity index (χ1n) is 5.18. The van der Waals surface area contributed by atoms with E-state index in [4.69, 9.17) is 22.1 Å². The summed E-state index contributed by atoms with van der Waals surface area (Å²) in [6.07, 6.45) is 0. The smallest absolute Gasteiger partial charge is 0.187 e. The van der Waals surface area contributed by atoms with E-state index in [1.165, 1.54) is 0 Å². The van der Waals surface area contributed by atoms with Gasteiger partial charge in [0, 0.05) is 0 Å². The number of hydrogen-bond acceptors (Lipinski definition) is 3. The highest BCUT2D eigenvalue weighted by Gasteiger charge is 2.17. The fourth-order valence-corrected chi connectivity index (χ4v) is 1.37. The Morgan fingerprint density at radius 2 is 2.06 bits per heavy atom. The molecule has 0 heterocycles. The van der Waals surface area contributed by atoms with Gasteiger partial charge in [-0.25, -0.2) is 0 Å². The van der Waals surface area contributed by atoms with Gasteiger partial charge in [-0.15, -0.1) is 0 Å². The van der Waals surface area contributed by atoms with Gasteiger partial charge in [-0.1, -0.05) is 37.6 Å². The third-order valence-electron chi connectivity index (χ3n) is 2.30. The molecule has 0 aromatic heterocycles. The van der Waals surface area contributed by atoms with Gasteiger partial charge in [0.25, 0.3) is 0 Å². The number of carbonyl (C=O) groups excluding carboxylic acids is 1. The summed E-state index contributed by atoms with van der Waals surface area (Å²) in [6, 6.07) is 6.55. The summed E-state index contributed by atoms with van der Waals surface area (Å²) in [7, 11) is 0. The largest absolute Gasteiger partial charge is 0.484 e. The molecule has 0 aliphatic heterocycles. The Balaban J connectivity index is 2.52. The quantitative estimate of drug-likeness (QED) is 0.861. The number of ketones is 1. The molecule has 1 aromatic carbocycles. The van der Waals surface area contributed by atoms with Crippen LogP contribution < -0.4 is 10.5 Å². The SMILES string of the molecule is CC(C)C(N)C(=O)COc1ccccc1Cl. The monoisotopic (exact) mass is 241 g/mol. The second-order valence-corrected chi connectivity index (χ2v) is 4.36. The van der Waals surface area contributed by atoms with Crippen molar-refractivity contribution in [2.45, 2.75) is 19.9 Å². The van der Waals surface area contributed by atoms with E-state index in [9.17, 15) is 4.79 Å². The molecule has 1 atom stereocenters. The molecular formula is C12H16ClNO2. The number of para-hydroxylation sites is 1. The van der Waals surface area contributed by atoms with E-state index in [0.29, 0.717) is 10.8 Å². The maximum Gasteiger partial charge on any atom is 0.187 e. The van der Waals surface area contributed by atoms with Crippen LogP contribution >= 0.6 is 11.6 Å². The van der Waals surface area contributed by atoms with Gasteiger partial charge in [-0.3, -0.25) is 4.79 Å². The van der Waals surface area contributed by atoms with Crippen molar-refractivity contribution in [3.05, 3.63) is 29.3 Å². The summed E-state index contributed by atoms with van der Waals surface area (Å²) in [5.41, 5.74) is 5.70. The number of rotatable bonds is 5. The molecule has 0 saturated carbocycles. The van der Waals surface area contributed by atoms with Gasteiger partial charge in [0.2, 0.25) is 0 Å². The highest BCUT2D eigenvalue weighted by atomic mass is 35.5. The maximum atomic E-state index is 11.6. The van der Waals surface area contributed by atoms with Crippen molar-refractivity contribution in [2.24, 2.45) is 11.7 Å². The Morgan fingerprint density at radius 3 is 2.62 bits per heavy atom. The molecule has 2 N–H and O–H groups in total. The lowest BCUT2D eigenvalue weighted by Crippen LogP contribution is -2.38. The van der Waals surface area contributed by atoms with Crippen LogP contribution in [0.3, 0.4) is 0 Å². The Bertz CT molecular complexity index is 366. The van der Waals surface area contributed by atoms with Crippen molar-refractivity contribution in [1.82, 2.24) is 0 Å². The van der Waals surface area contributed by atoms with Gasteiger partial charge in [-0.05, 0) is 18.1 Å². The Kier molecular flexibility index (Phi) is 4.77. The minimum Gasteiger partial charge on any atom is -0.484 e. The lowest BCUT2D eigenvalue weighted by molar-refractivity contribution is -0.123. The molecule has 0 amide bonds. The standard InChI is InChI=1S/C12H16ClNO2/c1-8(2)12(14)10(15)7-16-11-6-4-3-5-9(11)13/h3-6,8,12H,7,14H2,1-2H3. The van der Waals surface area contributed by atoms with Crippen molar-refractivity contribution in [3.63, 3.8) is 0 Å². The predicted molar refractivity (Wildman–Crippen MR) is 64.8 cm³/mol. The van der Waals surface area contributed by atoms with E-state index >= 15 is 0 Å². The summed E-state index contributed by atoms with van der Waals surface area (Å²) >= 11 is 5.88. The average Bonchev–Trinajstić information content (AvgIpc) is 2.26. The van der Waals surface area contributed by atoms with E-state index in [0.717, 1.165) is 0 Å². The lowest BCUT2D eigenvalue weighted by Gasteiger charge is -2.14. The molecule has 0 aliphatic rings. The van der Waals surface area contributed by atoms with Crippen LogP contribution in [0.4, 0.5) is 0 Å². The van der Waals surface area contributed by atoms with Gasteiger partial charge in [0.1, 0.15) is 12.4 Å². The highest BCUT2D eigenvalue weighted by molar-refractivity contribution is 6.32. The molecule has 3 nitrogen and oxygen atoms in total. The van der Waals surface area contributed by atoms with Crippen molar-refractivity contribution in [1.29, 1.82) is 0 Å². The first-order valence-corrected chi connectivity index (χ1v) is 5.55. The summed E-state index contributed by atoms with van der Waals surface area (Å²) in [5.74, 6) is 0.505. The topological polar surface area (TPSA) is 52.3 Å². The minimum absolute atomic E-state index is 0.0386. The molecule has 0 saturated heterocycles. The van der Waals surface area contributed by atoms with Crippen LogP contribution in [-0.4, -0.2) is 18.4 Å². The zero-order chi connectivity index (χ0) is 12.1. The van der Waals surface area contributed by atoms with Gasteiger partial charge in [0.15, 0.2) is 5.78 Å². The molecule has 1 unspecified atom stereocenters. The number of hydrogen-bond donors (Lipinski definition) is 1. The molecule has 4 heteroatoms. The van der Waals surface area contributed by atoms with E-state index in [2.05, 4.69) is 0 Å². The fraction of sp³-hybridized carbons (Fsp3) is 0.417. The first kappa shape index (κ1) is 13.0. The molecule has 0 aliphatic carbocycles. The molecular weight excluding hydrogens is 226 g/mol. The fourth-order valence-electron chi connectivity index (χ4n) is 1.18. The zero-order valence-corrected chi connectivity index (χ0v) is 10.2. The Hall–Kier alpha value is -1.06. The zero-order valence-electron chi connectivity index (χ0n) is 9.44. The van der Waals surface area contributed by atoms with E-state index in [-0.39, 0.29) is 18.3 Å². The van der Waals surface area contributed by atoms with E-state index < -0.39 is 6.04 Å². The molecule has 0 radical (unpaired) electrons. The number of carbonyl (C=O) groups is 1. The number of Topliss-reactive ketones (excluding diaryl/α,β-unsaturated/α-hetero) is 1. The molecule has 0 spiro atoms. The number of ether oxygens (including phenoxy) is 1. The molecule has 88 valence electrons. The predicted octanol–water partition coefficient (Wildman–Crippen LogP) is 2.27. The third-order valence-corrected chi connectivity index (χ3v) is 2.61. The van der Waals surface area contributed by atoms with Crippen molar-refractivity contribution < 1.29 is 9.53 Å². The van der Waals surface area contributed by atoms with Gasteiger partial charge in [-0.2, -0.15) is 0 Å². The van der Waals surface area contributed by atoms with Gasteiger partial charge >= 0.3 is 0 Å². The van der Waals surface area contributed by atoms with Crippen LogP contribution in [0.15, 0.2) is 24.3 Å². The number of nitrogens with two attached hydrogens (primary N) is 1. The van der Waals surface area contributed by atoms with Crippen LogP contribution in [0.2, 0.25) is 5.02 Å². The highest BCUT2D eigenvalue weighted by Crippen LogP contribution is 2.23. The number of benzene rings is 1. The summed E-state index contributed by atoms with van der Waals surface area (Å²) in [5, 5.41) is 0.494. The van der Waals surface area contributed by atoms with Gasteiger partial charge < -0.3 is 10.5 Å². The van der Waals surface area contributed by atoms with Crippen LogP contribution in [0.1, 0.15) is 13.8 Å². The van der Waals surface area contributed by atoms with Crippen LogP contribution in [0.25, 0.3) is 0 Å². The first-order chi connectivity index (χ1) is 7.52. The summed E-state index contributed by atoms with van der Waals surface area (Å²) in [4.78, 5) is 11.6. The molecule has 1 rings (SSSR count). The lowest BCUT2D eigenvalue weighted by atomic mass is 10.0. The van der Waals surface area contributed by atoms with Crippen molar-refractivity contribution >= 4 is 17.4 Å². The molecule has 0 fully saturated rings.